The van der Waals surface area contributed by atoms with Crippen molar-refractivity contribution in [1.29, 1.82) is 0 Å². The molecule has 2 atom stereocenters. The summed E-state index contributed by atoms with van der Waals surface area (Å²) in [6, 6.07) is 22.4. The number of amides is 3. The zero-order valence-corrected chi connectivity index (χ0v) is 23.5. The van der Waals surface area contributed by atoms with E-state index in [1.807, 2.05) is 37.3 Å². The van der Waals surface area contributed by atoms with Crippen LogP contribution >= 0.6 is 0 Å². The second kappa shape index (κ2) is 12.0. The van der Waals surface area contributed by atoms with Gasteiger partial charge in [0.05, 0.1) is 26.9 Å². The van der Waals surface area contributed by atoms with Crippen LogP contribution in [0.5, 0.6) is 11.5 Å². The Kier molecular flexibility index (Phi) is 8.26. The van der Waals surface area contributed by atoms with Gasteiger partial charge in [-0.1, -0.05) is 30.3 Å². The SMILES string of the molecule is COc1ccc(C(=O)N2CCC3(CC2)OCC(C(=O)NC(C)c2ccccc2)N3C(=O)c2ccc(OC)cc2)cc1. The highest BCUT2D eigenvalue weighted by Crippen LogP contribution is 2.39. The van der Waals surface area contributed by atoms with Gasteiger partial charge in [0.1, 0.15) is 23.3 Å². The van der Waals surface area contributed by atoms with Gasteiger partial charge in [-0.2, -0.15) is 0 Å². The van der Waals surface area contributed by atoms with E-state index in [2.05, 4.69) is 5.32 Å². The van der Waals surface area contributed by atoms with Crippen molar-refractivity contribution in [2.24, 2.45) is 0 Å². The van der Waals surface area contributed by atoms with Crippen molar-refractivity contribution in [3.8, 4) is 11.5 Å². The van der Waals surface area contributed by atoms with E-state index in [1.54, 1.807) is 72.6 Å². The van der Waals surface area contributed by atoms with Crippen LogP contribution in [-0.2, 0) is 9.53 Å². The Morgan fingerprint density at radius 2 is 1.37 bits per heavy atom. The van der Waals surface area contributed by atoms with E-state index in [1.165, 1.54) is 0 Å². The molecule has 2 saturated heterocycles. The quantitative estimate of drug-likeness (QED) is 0.471. The molecule has 1 spiro atoms. The number of rotatable bonds is 7. The minimum absolute atomic E-state index is 0.0711. The van der Waals surface area contributed by atoms with Gasteiger partial charge in [0.15, 0.2) is 0 Å². The molecule has 2 aliphatic rings. The molecule has 0 bridgehead atoms. The Hall–Kier alpha value is -4.37. The smallest absolute Gasteiger partial charge is 0.256 e. The molecule has 3 aromatic rings. The third kappa shape index (κ3) is 5.76. The van der Waals surface area contributed by atoms with Crippen LogP contribution in [0, 0.1) is 0 Å². The molecule has 9 heteroatoms. The van der Waals surface area contributed by atoms with Gasteiger partial charge in [0.2, 0.25) is 5.91 Å². The monoisotopic (exact) mass is 557 g/mol. The number of methoxy groups -OCH3 is 2. The van der Waals surface area contributed by atoms with Crippen LogP contribution in [0.4, 0.5) is 0 Å². The first-order valence-electron chi connectivity index (χ1n) is 13.8. The molecular formula is C32H35N3O6. The fourth-order valence-corrected chi connectivity index (χ4v) is 5.55. The Morgan fingerprint density at radius 1 is 0.829 bits per heavy atom. The van der Waals surface area contributed by atoms with Crippen molar-refractivity contribution in [2.75, 3.05) is 33.9 Å². The molecule has 0 aromatic heterocycles. The number of hydrogen-bond donors (Lipinski definition) is 1. The van der Waals surface area contributed by atoms with Gasteiger partial charge in [-0.25, -0.2) is 0 Å². The summed E-state index contributed by atoms with van der Waals surface area (Å²) in [4.78, 5) is 44.2. The summed E-state index contributed by atoms with van der Waals surface area (Å²) >= 11 is 0. The Bertz CT molecular complexity index is 1370. The lowest BCUT2D eigenvalue weighted by Crippen LogP contribution is -2.60. The van der Waals surface area contributed by atoms with Crippen molar-refractivity contribution >= 4 is 17.7 Å². The summed E-state index contributed by atoms with van der Waals surface area (Å²) in [6.07, 6.45) is 0.767. The Labute approximate surface area is 240 Å². The highest BCUT2D eigenvalue weighted by atomic mass is 16.5. The van der Waals surface area contributed by atoms with Crippen LogP contribution in [0.25, 0.3) is 0 Å². The van der Waals surface area contributed by atoms with Crippen molar-refractivity contribution in [1.82, 2.24) is 15.1 Å². The molecule has 214 valence electrons. The highest BCUT2D eigenvalue weighted by Gasteiger charge is 2.54. The molecule has 2 fully saturated rings. The molecule has 5 rings (SSSR count). The highest BCUT2D eigenvalue weighted by molar-refractivity contribution is 5.99. The molecule has 0 radical (unpaired) electrons. The molecule has 9 nitrogen and oxygen atoms in total. The predicted molar refractivity (Wildman–Crippen MR) is 153 cm³/mol. The van der Waals surface area contributed by atoms with Crippen LogP contribution in [0.3, 0.4) is 0 Å². The van der Waals surface area contributed by atoms with Gasteiger partial charge in [-0.05, 0) is 61.0 Å². The van der Waals surface area contributed by atoms with E-state index in [4.69, 9.17) is 14.2 Å². The van der Waals surface area contributed by atoms with Crippen molar-refractivity contribution in [3.05, 3.63) is 95.6 Å². The summed E-state index contributed by atoms with van der Waals surface area (Å²) < 4.78 is 16.8. The number of nitrogens with one attached hydrogen (secondary N) is 1. The second-order valence-electron chi connectivity index (χ2n) is 10.3. The Morgan fingerprint density at radius 3 is 1.90 bits per heavy atom. The van der Waals surface area contributed by atoms with Crippen molar-refractivity contribution in [2.45, 2.75) is 37.6 Å². The number of carbonyl (C=O) groups excluding carboxylic acids is 3. The average Bonchev–Trinajstić information content (AvgIpc) is 3.39. The zero-order chi connectivity index (χ0) is 29.0. The maximum atomic E-state index is 14.0. The third-order valence-electron chi connectivity index (χ3n) is 7.95. The molecule has 3 amide bonds. The normalized spacial score (nSPS) is 18.6. The summed E-state index contributed by atoms with van der Waals surface area (Å²) in [5.41, 5.74) is 0.952. The van der Waals surface area contributed by atoms with Gasteiger partial charge < -0.3 is 24.4 Å². The fraction of sp³-hybridized carbons (Fsp3) is 0.344. The van der Waals surface area contributed by atoms with Crippen LogP contribution in [0.2, 0.25) is 0 Å². The molecule has 2 heterocycles. The molecule has 41 heavy (non-hydrogen) atoms. The maximum absolute atomic E-state index is 14.0. The van der Waals surface area contributed by atoms with Gasteiger partial charge in [-0.3, -0.25) is 19.3 Å². The van der Waals surface area contributed by atoms with Crippen LogP contribution in [-0.4, -0.2) is 73.2 Å². The van der Waals surface area contributed by atoms with Crippen LogP contribution < -0.4 is 14.8 Å². The van der Waals surface area contributed by atoms with Crippen LogP contribution in [0.15, 0.2) is 78.9 Å². The second-order valence-corrected chi connectivity index (χ2v) is 10.3. The molecular weight excluding hydrogens is 522 g/mol. The summed E-state index contributed by atoms with van der Waals surface area (Å²) in [6.45, 7) is 2.75. The number of likely N-dealkylation sites (tertiary alicyclic amines) is 1. The van der Waals surface area contributed by atoms with E-state index in [0.29, 0.717) is 48.6 Å². The molecule has 2 aliphatic heterocycles. The first-order valence-corrected chi connectivity index (χ1v) is 13.8. The van der Waals surface area contributed by atoms with Gasteiger partial charge in [0.25, 0.3) is 11.8 Å². The third-order valence-corrected chi connectivity index (χ3v) is 7.95. The minimum atomic E-state index is -1.01. The fourth-order valence-electron chi connectivity index (χ4n) is 5.55. The predicted octanol–water partition coefficient (Wildman–Crippen LogP) is 4.05. The van der Waals surface area contributed by atoms with Gasteiger partial charge >= 0.3 is 0 Å². The van der Waals surface area contributed by atoms with Crippen molar-refractivity contribution < 1.29 is 28.6 Å². The summed E-state index contributed by atoms with van der Waals surface area (Å²) in [7, 11) is 3.15. The zero-order valence-electron chi connectivity index (χ0n) is 23.5. The van der Waals surface area contributed by atoms with Crippen molar-refractivity contribution in [3.63, 3.8) is 0 Å². The molecule has 3 aromatic carbocycles. The average molecular weight is 558 g/mol. The number of ether oxygens (including phenoxy) is 3. The van der Waals surface area contributed by atoms with Gasteiger partial charge in [0, 0.05) is 37.1 Å². The van der Waals surface area contributed by atoms with Gasteiger partial charge in [-0.15, -0.1) is 0 Å². The van der Waals surface area contributed by atoms with E-state index in [-0.39, 0.29) is 30.4 Å². The van der Waals surface area contributed by atoms with E-state index in [9.17, 15) is 14.4 Å². The number of nitrogens with zero attached hydrogens (tertiary/aromatic N) is 2. The molecule has 1 N–H and O–H groups in total. The minimum Gasteiger partial charge on any atom is -0.497 e. The molecule has 0 aliphatic carbocycles. The summed E-state index contributed by atoms with van der Waals surface area (Å²) in [5.74, 6) is 0.631. The number of benzene rings is 3. The largest absolute Gasteiger partial charge is 0.497 e. The van der Waals surface area contributed by atoms with E-state index in [0.717, 1.165) is 5.56 Å². The lowest BCUT2D eigenvalue weighted by atomic mass is 9.96. The number of piperidine rings is 1. The van der Waals surface area contributed by atoms with Crippen LogP contribution in [0.1, 0.15) is 52.1 Å². The first kappa shape index (κ1) is 28.2. The van der Waals surface area contributed by atoms with E-state index >= 15 is 0 Å². The lowest BCUT2D eigenvalue weighted by Gasteiger charge is -2.44. The Balaban J connectivity index is 1.37. The maximum Gasteiger partial charge on any atom is 0.256 e. The number of hydrogen-bond acceptors (Lipinski definition) is 6. The lowest BCUT2D eigenvalue weighted by molar-refractivity contribution is -0.128. The summed E-state index contributed by atoms with van der Waals surface area (Å²) in [5, 5.41) is 3.06. The van der Waals surface area contributed by atoms with E-state index < -0.39 is 11.8 Å². The molecule has 2 unspecified atom stereocenters. The number of carbonyl (C=O) groups is 3. The topological polar surface area (TPSA) is 97.4 Å². The first-order chi connectivity index (χ1) is 19.8. The standard InChI is InChI=1S/C32H35N3O6/c1-22(23-7-5-4-6-8-23)33-29(36)28-21-41-32(35(28)31(38)25-11-15-27(40-3)16-12-25)17-19-34(20-18-32)30(37)24-9-13-26(39-2)14-10-24/h4-16,22,28H,17-21H2,1-3H3,(H,33,36). The molecule has 0 saturated carbocycles.